The summed E-state index contributed by atoms with van der Waals surface area (Å²) < 4.78 is 20.5. The van der Waals surface area contributed by atoms with Crippen LogP contribution in [-0.2, 0) is 31.9 Å². The van der Waals surface area contributed by atoms with Crippen LogP contribution in [0.3, 0.4) is 0 Å². The Morgan fingerprint density at radius 3 is 2.40 bits per heavy atom. The van der Waals surface area contributed by atoms with Gasteiger partial charge in [-0.2, -0.15) is 0 Å². The van der Waals surface area contributed by atoms with E-state index in [4.69, 9.17) is 18.9 Å². The van der Waals surface area contributed by atoms with E-state index in [0.717, 1.165) is 29.7 Å². The first-order valence-corrected chi connectivity index (χ1v) is 10.4. The summed E-state index contributed by atoms with van der Waals surface area (Å²) in [4.78, 5) is 37.2. The monoisotopic (exact) mass is 433 g/mol. The highest BCUT2D eigenvalue weighted by Crippen LogP contribution is 2.39. The molecule has 0 saturated heterocycles. The standard InChI is InChI=1S/C21H23NO7S/c1-3-27-13-7-9-14(10-8-13)28-12-18(24)29-11-17(23)22-20-19(21(25)26-2)15-5-4-6-16(15)30-20/h7-10H,3-6,11-12H2,1-2H3,(H,22,23). The van der Waals surface area contributed by atoms with Crippen molar-refractivity contribution in [3.05, 3.63) is 40.3 Å². The van der Waals surface area contributed by atoms with Gasteiger partial charge in [0.1, 0.15) is 16.5 Å². The molecule has 1 N–H and O–H groups in total. The van der Waals surface area contributed by atoms with Gasteiger partial charge in [0.05, 0.1) is 19.3 Å². The smallest absolute Gasteiger partial charge is 0.344 e. The van der Waals surface area contributed by atoms with E-state index in [-0.39, 0.29) is 6.61 Å². The molecule has 1 aromatic carbocycles. The Kier molecular flexibility index (Phi) is 7.29. The number of esters is 2. The predicted octanol–water partition coefficient (Wildman–Crippen LogP) is 2.98. The summed E-state index contributed by atoms with van der Waals surface area (Å²) in [6.45, 7) is 1.64. The molecule has 0 bridgehead atoms. The van der Waals surface area contributed by atoms with Gasteiger partial charge in [-0.1, -0.05) is 0 Å². The second kappa shape index (κ2) is 10.1. The van der Waals surface area contributed by atoms with Crippen molar-refractivity contribution in [2.45, 2.75) is 26.2 Å². The molecule has 1 amide bonds. The van der Waals surface area contributed by atoms with Gasteiger partial charge in [-0.05, 0) is 56.0 Å². The summed E-state index contributed by atoms with van der Waals surface area (Å²) in [6.07, 6.45) is 2.63. The zero-order chi connectivity index (χ0) is 21.5. The van der Waals surface area contributed by atoms with Crippen molar-refractivity contribution in [3.8, 4) is 11.5 Å². The first-order chi connectivity index (χ1) is 14.5. The highest BCUT2D eigenvalue weighted by Gasteiger charge is 2.28. The van der Waals surface area contributed by atoms with Gasteiger partial charge < -0.3 is 24.3 Å². The lowest BCUT2D eigenvalue weighted by Crippen LogP contribution is -2.24. The molecule has 9 heteroatoms. The fourth-order valence-corrected chi connectivity index (χ4v) is 4.40. The zero-order valence-electron chi connectivity index (χ0n) is 16.8. The number of methoxy groups -OCH3 is 1. The van der Waals surface area contributed by atoms with E-state index in [2.05, 4.69) is 5.32 Å². The Morgan fingerprint density at radius 2 is 1.73 bits per heavy atom. The maximum absolute atomic E-state index is 12.2. The molecule has 1 aromatic heterocycles. The summed E-state index contributed by atoms with van der Waals surface area (Å²) in [7, 11) is 1.30. The molecular weight excluding hydrogens is 410 g/mol. The van der Waals surface area contributed by atoms with Crippen LogP contribution in [0.4, 0.5) is 5.00 Å². The second-order valence-electron chi connectivity index (χ2n) is 6.46. The zero-order valence-corrected chi connectivity index (χ0v) is 17.6. The number of nitrogens with one attached hydrogen (secondary N) is 1. The van der Waals surface area contributed by atoms with E-state index in [1.807, 2.05) is 6.92 Å². The van der Waals surface area contributed by atoms with Crippen molar-refractivity contribution in [3.63, 3.8) is 0 Å². The van der Waals surface area contributed by atoms with Gasteiger partial charge in [-0.15, -0.1) is 11.3 Å². The molecular formula is C21H23NO7S. The number of rotatable bonds is 9. The minimum atomic E-state index is -0.680. The van der Waals surface area contributed by atoms with Crippen molar-refractivity contribution in [2.75, 3.05) is 32.2 Å². The summed E-state index contributed by atoms with van der Waals surface area (Å²) in [6, 6.07) is 6.81. The van der Waals surface area contributed by atoms with E-state index in [0.29, 0.717) is 28.7 Å². The summed E-state index contributed by atoms with van der Waals surface area (Å²) in [5, 5.41) is 3.08. The molecule has 1 aliphatic carbocycles. The van der Waals surface area contributed by atoms with Crippen LogP contribution in [-0.4, -0.2) is 44.8 Å². The molecule has 0 saturated carbocycles. The van der Waals surface area contributed by atoms with Gasteiger partial charge in [-0.25, -0.2) is 9.59 Å². The number of amides is 1. The quantitative estimate of drug-likeness (QED) is 0.607. The molecule has 160 valence electrons. The number of ether oxygens (including phenoxy) is 4. The highest BCUT2D eigenvalue weighted by atomic mass is 32.1. The highest BCUT2D eigenvalue weighted by molar-refractivity contribution is 7.17. The first kappa shape index (κ1) is 21.6. The molecule has 1 aliphatic rings. The molecule has 1 heterocycles. The average molecular weight is 433 g/mol. The summed E-state index contributed by atoms with van der Waals surface area (Å²) in [5.74, 6) is -0.508. The van der Waals surface area contributed by atoms with Gasteiger partial charge in [0, 0.05) is 4.88 Å². The third-order valence-corrected chi connectivity index (χ3v) is 5.63. The third kappa shape index (κ3) is 5.29. The van der Waals surface area contributed by atoms with Gasteiger partial charge in [0.2, 0.25) is 0 Å². The van der Waals surface area contributed by atoms with Gasteiger partial charge in [0.25, 0.3) is 5.91 Å². The van der Waals surface area contributed by atoms with E-state index in [9.17, 15) is 14.4 Å². The van der Waals surface area contributed by atoms with Crippen molar-refractivity contribution in [1.82, 2.24) is 0 Å². The van der Waals surface area contributed by atoms with Crippen molar-refractivity contribution in [1.29, 1.82) is 0 Å². The lowest BCUT2D eigenvalue weighted by atomic mass is 10.1. The van der Waals surface area contributed by atoms with E-state index in [1.165, 1.54) is 18.4 Å². The van der Waals surface area contributed by atoms with Crippen LogP contribution in [0.1, 0.15) is 34.1 Å². The van der Waals surface area contributed by atoms with Crippen LogP contribution in [0.5, 0.6) is 11.5 Å². The molecule has 3 rings (SSSR count). The Balaban J connectivity index is 1.48. The normalized spacial score (nSPS) is 12.1. The first-order valence-electron chi connectivity index (χ1n) is 9.55. The predicted molar refractivity (Wildman–Crippen MR) is 110 cm³/mol. The number of benzene rings is 1. The number of anilines is 1. The largest absolute Gasteiger partial charge is 0.494 e. The lowest BCUT2D eigenvalue weighted by Gasteiger charge is -2.09. The van der Waals surface area contributed by atoms with Gasteiger partial charge in [-0.3, -0.25) is 4.79 Å². The molecule has 30 heavy (non-hydrogen) atoms. The number of hydrogen-bond donors (Lipinski definition) is 1. The number of fused-ring (bicyclic) bond motifs is 1. The number of carbonyl (C=O) groups is 3. The van der Waals surface area contributed by atoms with Crippen molar-refractivity contribution in [2.24, 2.45) is 0 Å². The van der Waals surface area contributed by atoms with Crippen LogP contribution in [0.2, 0.25) is 0 Å². The van der Waals surface area contributed by atoms with Gasteiger partial charge >= 0.3 is 11.9 Å². The maximum Gasteiger partial charge on any atom is 0.344 e. The topological polar surface area (TPSA) is 100 Å². The van der Waals surface area contributed by atoms with Gasteiger partial charge in [0.15, 0.2) is 13.2 Å². The molecule has 2 aromatic rings. The Labute approximate surface area is 178 Å². The summed E-state index contributed by atoms with van der Waals surface area (Å²) in [5.41, 5.74) is 1.33. The Hall–Kier alpha value is -3.07. The van der Waals surface area contributed by atoms with E-state index < -0.39 is 24.5 Å². The van der Waals surface area contributed by atoms with Crippen LogP contribution in [0, 0.1) is 0 Å². The van der Waals surface area contributed by atoms with E-state index >= 15 is 0 Å². The SMILES string of the molecule is CCOc1ccc(OCC(=O)OCC(=O)Nc2sc3c(c2C(=O)OC)CCC3)cc1. The lowest BCUT2D eigenvalue weighted by molar-refractivity contribution is -0.149. The minimum Gasteiger partial charge on any atom is -0.494 e. The summed E-state index contributed by atoms with van der Waals surface area (Å²) >= 11 is 1.36. The Bertz CT molecular complexity index is 920. The number of aryl methyl sites for hydroxylation is 1. The van der Waals surface area contributed by atoms with Crippen LogP contribution in [0.15, 0.2) is 24.3 Å². The van der Waals surface area contributed by atoms with E-state index in [1.54, 1.807) is 24.3 Å². The van der Waals surface area contributed by atoms with Crippen molar-refractivity contribution < 1.29 is 33.3 Å². The molecule has 0 unspecified atom stereocenters. The number of thiophene rings is 1. The average Bonchev–Trinajstić information content (AvgIpc) is 3.32. The van der Waals surface area contributed by atoms with Crippen LogP contribution in [0.25, 0.3) is 0 Å². The molecule has 0 spiro atoms. The van der Waals surface area contributed by atoms with Crippen LogP contribution < -0.4 is 14.8 Å². The minimum absolute atomic E-state index is 0.331. The number of hydrogen-bond acceptors (Lipinski definition) is 8. The van der Waals surface area contributed by atoms with Crippen LogP contribution >= 0.6 is 11.3 Å². The fourth-order valence-electron chi connectivity index (χ4n) is 3.10. The second-order valence-corrected chi connectivity index (χ2v) is 7.56. The molecule has 0 aliphatic heterocycles. The molecule has 0 fully saturated rings. The third-order valence-electron chi connectivity index (χ3n) is 4.42. The van der Waals surface area contributed by atoms with Crippen molar-refractivity contribution >= 4 is 34.2 Å². The number of carbonyl (C=O) groups excluding carboxylic acids is 3. The maximum atomic E-state index is 12.2. The molecule has 0 atom stereocenters. The Morgan fingerprint density at radius 1 is 1.03 bits per heavy atom. The molecule has 0 radical (unpaired) electrons. The molecule has 8 nitrogen and oxygen atoms in total. The fraction of sp³-hybridized carbons (Fsp3) is 0.381.